The number of likely N-dealkylation sites (N-methyl/N-ethyl adjacent to an activating group) is 4. The highest BCUT2D eigenvalue weighted by molar-refractivity contribution is 6.32. The topological polar surface area (TPSA) is 186 Å². The molecule has 0 aromatic heterocycles. The van der Waals surface area contributed by atoms with Crippen molar-refractivity contribution in [2.45, 2.75) is 111 Å². The zero-order chi connectivity index (χ0) is 42.3. The Morgan fingerprint density at radius 2 is 1.35 bits per heavy atom. The molecule has 15 nitrogen and oxygen atoms in total. The number of nitrogens with one attached hydrogen (secondary N) is 2. The molecule has 1 aromatic carbocycles. The number of nitrogens with zero attached hydrogens (tertiary/aromatic N) is 4. The zero-order valence-electron chi connectivity index (χ0n) is 34.5. The summed E-state index contributed by atoms with van der Waals surface area (Å²) in [6, 6.07) is 0.908. The first-order chi connectivity index (χ1) is 25.5. The lowest BCUT2D eigenvalue weighted by Gasteiger charge is -2.33. The van der Waals surface area contributed by atoms with Crippen molar-refractivity contribution >= 4 is 53.3 Å². The number of carbonyl (C=O) groups excluding carboxylic acids is 7. The monoisotopic (exact) mass is 794 g/mol. The fraction of sp³-hybridized carbons (Fsp3) is 0.667. The van der Waals surface area contributed by atoms with Crippen molar-refractivity contribution in [2.75, 3.05) is 41.3 Å². The highest BCUT2D eigenvalue weighted by Crippen LogP contribution is 2.23. The first-order valence-corrected chi connectivity index (χ1v) is 19.1. The maximum absolute atomic E-state index is 14.1. The minimum Gasteiger partial charge on any atom is -0.489 e. The average Bonchev–Trinajstić information content (AvgIpc) is 3.11. The van der Waals surface area contributed by atoms with Gasteiger partial charge in [0.05, 0.1) is 23.7 Å². The summed E-state index contributed by atoms with van der Waals surface area (Å²) in [5, 5.41) is 16.0. The van der Waals surface area contributed by atoms with E-state index in [2.05, 4.69) is 10.6 Å². The molecule has 0 heterocycles. The Balaban J connectivity index is 3.29. The van der Waals surface area contributed by atoms with E-state index in [1.54, 1.807) is 31.3 Å². The maximum Gasteiger partial charge on any atom is 0.249 e. The molecule has 1 rings (SSSR count). The van der Waals surface area contributed by atoms with Crippen molar-refractivity contribution < 1.29 is 43.4 Å². The molecule has 6 amide bonds. The first kappa shape index (κ1) is 48.8. The summed E-state index contributed by atoms with van der Waals surface area (Å²) in [7, 11) is 5.69. The number of rotatable bonds is 22. The molecule has 0 aliphatic rings. The number of aliphatic hydroxyl groups is 1. The van der Waals surface area contributed by atoms with Crippen LogP contribution in [-0.2, 0) is 33.6 Å². The van der Waals surface area contributed by atoms with Crippen LogP contribution >= 0.6 is 11.6 Å². The van der Waals surface area contributed by atoms with Crippen LogP contribution in [-0.4, -0.2) is 144 Å². The molecule has 310 valence electrons. The van der Waals surface area contributed by atoms with Gasteiger partial charge in [0.15, 0.2) is 0 Å². The second kappa shape index (κ2) is 23.0. The highest BCUT2D eigenvalue weighted by Gasteiger charge is 2.37. The van der Waals surface area contributed by atoms with Crippen LogP contribution < -0.4 is 15.4 Å². The quantitative estimate of drug-likeness (QED) is 0.148. The van der Waals surface area contributed by atoms with Gasteiger partial charge in [-0.1, -0.05) is 65.3 Å². The molecular formula is C39H63ClN6O9. The average molecular weight is 795 g/mol. The summed E-state index contributed by atoms with van der Waals surface area (Å²) in [5.74, 6) is -3.17. The summed E-state index contributed by atoms with van der Waals surface area (Å²) in [6.07, 6.45) is 0.253. The van der Waals surface area contributed by atoms with E-state index >= 15 is 0 Å². The third kappa shape index (κ3) is 15.4. The van der Waals surface area contributed by atoms with Gasteiger partial charge in [0.25, 0.3) is 0 Å². The Labute approximate surface area is 331 Å². The van der Waals surface area contributed by atoms with Crippen LogP contribution in [0.4, 0.5) is 0 Å². The number of amides is 6. The van der Waals surface area contributed by atoms with E-state index in [-0.39, 0.29) is 47.5 Å². The van der Waals surface area contributed by atoms with Gasteiger partial charge in [-0.05, 0) is 56.6 Å². The number of ether oxygens (including phenoxy) is 1. The summed E-state index contributed by atoms with van der Waals surface area (Å²) in [5.41, 5.74) is 0. The molecule has 0 spiro atoms. The number of carbonyl (C=O) groups is 7. The highest BCUT2D eigenvalue weighted by atomic mass is 35.5. The lowest BCUT2D eigenvalue weighted by molar-refractivity contribution is -0.146. The van der Waals surface area contributed by atoms with Crippen LogP contribution in [0.2, 0.25) is 5.02 Å². The van der Waals surface area contributed by atoms with Crippen molar-refractivity contribution in [3.05, 3.63) is 29.3 Å². The Bertz CT molecular complexity index is 1470. The second-order valence-corrected chi connectivity index (χ2v) is 15.8. The number of aldehydes is 1. The van der Waals surface area contributed by atoms with Gasteiger partial charge in [0, 0.05) is 34.6 Å². The van der Waals surface area contributed by atoms with Crippen LogP contribution in [0.1, 0.15) is 74.7 Å². The maximum atomic E-state index is 14.1. The Morgan fingerprint density at radius 1 is 0.764 bits per heavy atom. The molecule has 0 bridgehead atoms. The van der Waals surface area contributed by atoms with Crippen molar-refractivity contribution in [1.82, 2.24) is 30.2 Å². The third-order valence-corrected chi connectivity index (χ3v) is 9.47. The fourth-order valence-corrected chi connectivity index (χ4v) is 5.80. The molecular weight excluding hydrogens is 732 g/mol. The van der Waals surface area contributed by atoms with Crippen LogP contribution in [0.25, 0.3) is 0 Å². The fourth-order valence-electron chi connectivity index (χ4n) is 5.61. The molecule has 0 aliphatic heterocycles. The van der Waals surface area contributed by atoms with E-state index in [4.69, 9.17) is 16.3 Å². The summed E-state index contributed by atoms with van der Waals surface area (Å²) in [6.45, 7) is 13.3. The van der Waals surface area contributed by atoms with E-state index in [0.717, 1.165) is 9.80 Å². The smallest absolute Gasteiger partial charge is 0.249 e. The molecule has 0 radical (unpaired) electrons. The molecule has 0 saturated heterocycles. The zero-order valence-corrected chi connectivity index (χ0v) is 35.3. The Morgan fingerprint density at radius 3 is 1.85 bits per heavy atom. The van der Waals surface area contributed by atoms with Crippen LogP contribution in [0, 0.1) is 17.8 Å². The molecule has 16 heteroatoms. The van der Waals surface area contributed by atoms with Gasteiger partial charge in [-0.15, -0.1) is 0 Å². The molecule has 55 heavy (non-hydrogen) atoms. The van der Waals surface area contributed by atoms with Crippen molar-refractivity contribution in [2.24, 2.45) is 17.8 Å². The van der Waals surface area contributed by atoms with Crippen molar-refractivity contribution in [3.8, 4) is 5.75 Å². The van der Waals surface area contributed by atoms with Crippen LogP contribution in [0.15, 0.2) is 24.3 Å². The minimum absolute atomic E-state index is 0.0192. The predicted octanol–water partition coefficient (Wildman–Crippen LogP) is 2.37. The SMILES string of the molecule is CC(C)CC(=O)N(C)[C@@H](CC(C)C)C(=O)N[C@@H](COc1ccccc1Cl)C(=O)N(C)[C@@H](C)C(=O)NC(C(=O)N(C)CC(=O)N(C)[C@H](C=O)CC(C)C)[C@@H](C)O. The van der Waals surface area contributed by atoms with E-state index in [9.17, 15) is 38.7 Å². The molecule has 3 N–H and O–H groups in total. The predicted molar refractivity (Wildman–Crippen MR) is 210 cm³/mol. The Kier molecular flexibility index (Phi) is 20.4. The molecule has 6 atom stereocenters. The second-order valence-electron chi connectivity index (χ2n) is 15.4. The number of aliphatic hydroxyl groups excluding tert-OH is 1. The van der Waals surface area contributed by atoms with E-state index in [1.165, 1.54) is 44.8 Å². The number of hydrogen-bond donors (Lipinski definition) is 3. The van der Waals surface area contributed by atoms with Crippen LogP contribution in [0.3, 0.4) is 0 Å². The standard InChI is InChI=1S/C39H63ClN6O9/c1-23(2)17-28(21-47)45(11)34(50)20-43(9)39(54)35(27(8)48)42-36(51)26(7)44(10)38(53)30(22-55-32-16-14-13-15-29(32)40)41-37(52)31(18-24(3)4)46(12)33(49)19-25(5)6/h13-16,21,23-28,30-31,35,48H,17-20,22H2,1-12H3,(H,41,52)(H,42,51)/t26-,27+,28-,30-,31-,35?/m0/s1. The van der Waals surface area contributed by atoms with Gasteiger partial charge in [0.1, 0.15) is 42.8 Å². The normalized spacial score (nSPS) is 14.6. The van der Waals surface area contributed by atoms with Crippen LogP contribution in [0.5, 0.6) is 5.75 Å². The number of para-hydroxylation sites is 1. The summed E-state index contributed by atoms with van der Waals surface area (Å²) >= 11 is 6.29. The minimum atomic E-state index is -1.49. The van der Waals surface area contributed by atoms with Gasteiger partial charge in [0.2, 0.25) is 35.4 Å². The molecule has 1 aromatic rings. The lowest BCUT2D eigenvalue weighted by atomic mass is 10.00. The number of hydrogen-bond acceptors (Lipinski definition) is 9. The molecule has 0 fully saturated rings. The van der Waals surface area contributed by atoms with Gasteiger partial charge < -0.3 is 44.9 Å². The summed E-state index contributed by atoms with van der Waals surface area (Å²) < 4.78 is 5.87. The molecule has 0 aliphatic carbocycles. The van der Waals surface area contributed by atoms with Gasteiger partial charge in [-0.3, -0.25) is 28.8 Å². The van der Waals surface area contributed by atoms with E-state index in [0.29, 0.717) is 19.1 Å². The van der Waals surface area contributed by atoms with E-state index < -0.39 is 72.4 Å². The van der Waals surface area contributed by atoms with Gasteiger partial charge in [-0.25, -0.2) is 0 Å². The number of benzene rings is 1. The first-order valence-electron chi connectivity index (χ1n) is 18.7. The largest absolute Gasteiger partial charge is 0.489 e. The molecule has 1 unspecified atom stereocenters. The Hall–Kier alpha value is -4.24. The van der Waals surface area contributed by atoms with Gasteiger partial charge >= 0.3 is 0 Å². The third-order valence-electron chi connectivity index (χ3n) is 9.16. The van der Waals surface area contributed by atoms with Gasteiger partial charge in [-0.2, -0.15) is 0 Å². The van der Waals surface area contributed by atoms with E-state index in [1.807, 2.05) is 41.5 Å². The molecule has 0 saturated carbocycles. The lowest BCUT2D eigenvalue weighted by Crippen LogP contribution is -2.60. The van der Waals surface area contributed by atoms with Crippen molar-refractivity contribution in [1.29, 1.82) is 0 Å². The van der Waals surface area contributed by atoms with Crippen molar-refractivity contribution in [3.63, 3.8) is 0 Å². The summed E-state index contributed by atoms with van der Waals surface area (Å²) in [4.78, 5) is 97.3. The number of halogens is 1.